The molecule has 0 unspecified atom stereocenters. The average molecular weight is 620 g/mol. The third kappa shape index (κ3) is 6.11. The molecule has 1 atom stereocenters. The lowest BCUT2D eigenvalue weighted by Gasteiger charge is -2.40. The van der Waals surface area contributed by atoms with Crippen molar-refractivity contribution in [3.63, 3.8) is 0 Å². The van der Waals surface area contributed by atoms with Crippen molar-refractivity contribution in [3.8, 4) is 6.07 Å². The number of nitrogens with one attached hydrogen (secondary N) is 2. The average Bonchev–Trinajstić information content (AvgIpc) is 3.45. The van der Waals surface area contributed by atoms with Gasteiger partial charge in [-0.05, 0) is 26.0 Å². The molecule has 1 saturated heterocycles. The molecule has 226 valence electrons. The first-order chi connectivity index (χ1) is 20.4. The second-order valence-corrected chi connectivity index (χ2v) is 11.3. The van der Waals surface area contributed by atoms with E-state index in [2.05, 4.69) is 15.3 Å². The van der Waals surface area contributed by atoms with Gasteiger partial charge in [0.2, 0.25) is 5.56 Å². The number of benzene rings is 1. The van der Waals surface area contributed by atoms with Crippen LogP contribution in [0.2, 0.25) is 0 Å². The van der Waals surface area contributed by atoms with Gasteiger partial charge in [0.25, 0.3) is 5.91 Å². The van der Waals surface area contributed by atoms with Crippen molar-refractivity contribution in [2.24, 2.45) is 0 Å². The molecule has 1 amide bonds. The normalized spacial score (nSPS) is 17.9. The number of nitrogens with zero attached hydrogens (tertiary/aromatic N) is 5. The lowest BCUT2D eigenvalue weighted by molar-refractivity contribution is -0.138. The van der Waals surface area contributed by atoms with Crippen molar-refractivity contribution in [2.45, 2.75) is 25.6 Å². The molecule has 2 N–H and O–H groups in total. The van der Waals surface area contributed by atoms with Crippen LogP contribution in [0.5, 0.6) is 0 Å². The van der Waals surface area contributed by atoms with Crippen molar-refractivity contribution in [2.75, 3.05) is 54.9 Å². The summed E-state index contributed by atoms with van der Waals surface area (Å²) in [6.07, 6.45) is -1.16. The summed E-state index contributed by atoms with van der Waals surface area (Å²) in [5, 5.41) is 11.9. The minimum atomic E-state index is -5.03. The molecular formula is C28H26F5N7O2S. The Labute approximate surface area is 246 Å². The number of anilines is 3. The number of aromatic amines is 1. The van der Waals surface area contributed by atoms with E-state index in [9.17, 15) is 22.8 Å². The van der Waals surface area contributed by atoms with E-state index in [0.29, 0.717) is 48.0 Å². The Bertz CT molecular complexity index is 1690. The number of pyridine rings is 1. The number of alkyl halides is 3. The van der Waals surface area contributed by atoms with Crippen LogP contribution in [0.4, 0.5) is 38.5 Å². The summed E-state index contributed by atoms with van der Waals surface area (Å²) in [5.41, 5.74) is -4.00. The number of aromatic nitrogens is 2. The van der Waals surface area contributed by atoms with Gasteiger partial charge in [-0.3, -0.25) is 9.59 Å². The van der Waals surface area contributed by atoms with Gasteiger partial charge in [0.05, 0.1) is 28.6 Å². The zero-order valence-corrected chi connectivity index (χ0v) is 23.9. The number of amides is 1. The van der Waals surface area contributed by atoms with Crippen LogP contribution in [0.1, 0.15) is 39.7 Å². The molecule has 0 bridgehead atoms. The Morgan fingerprint density at radius 2 is 1.98 bits per heavy atom. The number of H-pyrrole nitrogens is 1. The molecule has 1 fully saturated rings. The van der Waals surface area contributed by atoms with E-state index in [1.165, 1.54) is 17.5 Å². The van der Waals surface area contributed by atoms with Crippen LogP contribution in [-0.2, 0) is 6.18 Å². The van der Waals surface area contributed by atoms with Crippen LogP contribution < -0.4 is 20.7 Å². The van der Waals surface area contributed by atoms with Crippen LogP contribution in [0, 0.1) is 23.0 Å². The summed E-state index contributed by atoms with van der Waals surface area (Å²) >= 11 is 1.19. The number of hydrogen-bond acceptors (Lipinski definition) is 8. The highest BCUT2D eigenvalue weighted by Gasteiger charge is 2.37. The number of nitriles is 1. The monoisotopic (exact) mass is 619 g/mol. The summed E-state index contributed by atoms with van der Waals surface area (Å²) in [5.74, 6) is -3.31. The highest BCUT2D eigenvalue weighted by Crippen LogP contribution is 2.40. The van der Waals surface area contributed by atoms with Crippen molar-refractivity contribution < 1.29 is 26.7 Å². The second-order valence-electron chi connectivity index (χ2n) is 10.3. The van der Waals surface area contributed by atoms with Gasteiger partial charge in [-0.1, -0.05) is 17.4 Å². The maximum atomic E-state index is 16.4. The first-order valence-corrected chi connectivity index (χ1v) is 14.1. The molecule has 2 aliphatic rings. The molecule has 0 aliphatic carbocycles. The topological polar surface area (TPSA) is 108 Å². The largest absolute Gasteiger partial charge is 0.417 e. The van der Waals surface area contributed by atoms with Gasteiger partial charge in [-0.15, -0.1) is 0 Å². The molecule has 2 aromatic heterocycles. The summed E-state index contributed by atoms with van der Waals surface area (Å²) < 4.78 is 73.2. The Kier molecular flexibility index (Phi) is 8.26. The Hall–Kier alpha value is -4.29. The van der Waals surface area contributed by atoms with E-state index in [4.69, 9.17) is 5.26 Å². The number of carbonyl (C=O) groups is 1. The number of likely N-dealkylation sites (N-methyl/N-ethyl adjacent to an activating group) is 1. The molecule has 15 heteroatoms. The van der Waals surface area contributed by atoms with Gasteiger partial charge in [0.1, 0.15) is 22.5 Å². The minimum Gasteiger partial charge on any atom is -0.367 e. The third-order valence-electron chi connectivity index (χ3n) is 7.62. The lowest BCUT2D eigenvalue weighted by atomic mass is 9.96. The first kappa shape index (κ1) is 30.2. The Balaban J connectivity index is 1.55. The Morgan fingerprint density at radius 1 is 1.21 bits per heavy atom. The molecule has 0 spiro atoms. The van der Waals surface area contributed by atoms with Crippen LogP contribution in [0.15, 0.2) is 35.4 Å². The van der Waals surface area contributed by atoms with Gasteiger partial charge in [0, 0.05) is 57.1 Å². The molecule has 4 heterocycles. The van der Waals surface area contributed by atoms with Gasteiger partial charge in [0.15, 0.2) is 10.9 Å². The van der Waals surface area contributed by atoms with E-state index in [0.717, 1.165) is 6.07 Å². The standard InChI is InChI=1S/C28H26F5N7O2S/c1-15-14-40(8-7-38(15)2)21-10-20(29)23(16-3-5-39(6-4-16)27-36-12-17(11-34)43-27)24(30)25(21)37-26(42)18-13-35-22(41)9-19(18)28(31,32)33/h3,9-10,12-13,15H,4-8,14H2,1-2H3,(H,35,41)(H,37,42)/t15-/m0/s1. The fourth-order valence-corrected chi connectivity index (χ4v) is 5.89. The maximum Gasteiger partial charge on any atom is 0.417 e. The van der Waals surface area contributed by atoms with Gasteiger partial charge in [-0.2, -0.15) is 18.4 Å². The number of carbonyl (C=O) groups excluding carboxylic acids is 1. The highest BCUT2D eigenvalue weighted by atomic mass is 32.1. The van der Waals surface area contributed by atoms with E-state index in [1.54, 1.807) is 11.0 Å². The van der Waals surface area contributed by atoms with E-state index in [1.807, 2.05) is 29.8 Å². The number of piperazine rings is 1. The summed E-state index contributed by atoms with van der Waals surface area (Å²) in [4.78, 5) is 37.1. The molecule has 3 aromatic rings. The van der Waals surface area contributed by atoms with Crippen LogP contribution >= 0.6 is 11.3 Å². The molecule has 43 heavy (non-hydrogen) atoms. The molecule has 0 radical (unpaired) electrons. The van der Waals surface area contributed by atoms with E-state index >= 15 is 8.78 Å². The van der Waals surface area contributed by atoms with Gasteiger partial charge >= 0.3 is 6.18 Å². The zero-order valence-electron chi connectivity index (χ0n) is 23.1. The minimum absolute atomic E-state index is 0.00473. The predicted octanol–water partition coefficient (Wildman–Crippen LogP) is 4.69. The van der Waals surface area contributed by atoms with Crippen LogP contribution in [0.3, 0.4) is 0 Å². The number of thiazole rings is 1. The maximum absolute atomic E-state index is 16.4. The SMILES string of the molecule is C[C@H]1CN(c2cc(F)c(C3=CCN(c4ncc(C#N)s4)CC3)c(F)c2NC(=O)c2c[nH]c(=O)cc2C(F)(F)F)CCN1C. The molecule has 9 nitrogen and oxygen atoms in total. The van der Waals surface area contributed by atoms with Crippen LogP contribution in [-0.4, -0.2) is 66.6 Å². The van der Waals surface area contributed by atoms with Crippen molar-refractivity contribution in [3.05, 3.63) is 74.2 Å². The number of rotatable bonds is 5. The first-order valence-electron chi connectivity index (χ1n) is 13.3. The molecule has 5 rings (SSSR count). The third-order valence-corrected chi connectivity index (χ3v) is 8.58. The second kappa shape index (κ2) is 11.8. The highest BCUT2D eigenvalue weighted by molar-refractivity contribution is 7.16. The molecule has 0 saturated carbocycles. The van der Waals surface area contributed by atoms with E-state index in [-0.39, 0.29) is 30.8 Å². The summed E-state index contributed by atoms with van der Waals surface area (Å²) in [7, 11) is 1.90. The van der Waals surface area contributed by atoms with Crippen molar-refractivity contribution >= 4 is 39.3 Å². The molecule has 1 aromatic carbocycles. The number of halogens is 5. The van der Waals surface area contributed by atoms with E-state index < -0.39 is 51.7 Å². The fourth-order valence-electron chi connectivity index (χ4n) is 5.14. The smallest absolute Gasteiger partial charge is 0.367 e. The number of hydrogen-bond donors (Lipinski definition) is 2. The van der Waals surface area contributed by atoms with Crippen molar-refractivity contribution in [1.29, 1.82) is 5.26 Å². The molecule has 2 aliphatic heterocycles. The molecular weight excluding hydrogens is 593 g/mol. The fraction of sp³-hybridized carbons (Fsp3) is 0.357. The zero-order chi connectivity index (χ0) is 31.1. The predicted molar refractivity (Wildman–Crippen MR) is 152 cm³/mol. The lowest BCUT2D eigenvalue weighted by Crippen LogP contribution is -2.50. The van der Waals surface area contributed by atoms with Gasteiger partial charge in [-0.25, -0.2) is 13.8 Å². The quantitative estimate of drug-likeness (QED) is 0.399. The summed E-state index contributed by atoms with van der Waals surface area (Å²) in [6, 6.07) is 3.35. The van der Waals surface area contributed by atoms with Crippen molar-refractivity contribution in [1.82, 2.24) is 14.9 Å². The Morgan fingerprint density at radius 3 is 2.60 bits per heavy atom. The summed E-state index contributed by atoms with van der Waals surface area (Å²) in [6.45, 7) is 3.75. The van der Waals surface area contributed by atoms with Crippen LogP contribution in [0.25, 0.3) is 5.57 Å². The van der Waals surface area contributed by atoms with Gasteiger partial charge < -0.3 is 25.0 Å².